The van der Waals surface area contributed by atoms with Gasteiger partial charge < -0.3 is 10.6 Å². The van der Waals surface area contributed by atoms with Crippen molar-refractivity contribution in [3.63, 3.8) is 0 Å². The third-order valence-electron chi connectivity index (χ3n) is 3.15. The first kappa shape index (κ1) is 13.0. The molecule has 1 fully saturated rings. The number of amides is 2. The molecule has 0 atom stereocenters. The highest BCUT2D eigenvalue weighted by atomic mass is 16.2. The molecule has 0 unspecified atom stereocenters. The summed E-state index contributed by atoms with van der Waals surface area (Å²) in [5.74, 6) is 0.462. The fourth-order valence-corrected chi connectivity index (χ4v) is 2.22. The van der Waals surface area contributed by atoms with Crippen molar-refractivity contribution in [3.8, 4) is 0 Å². The summed E-state index contributed by atoms with van der Waals surface area (Å²) in [6, 6.07) is 0.198. The number of carbonyl (C=O) groups is 2. The van der Waals surface area contributed by atoms with Gasteiger partial charge in [-0.05, 0) is 39.5 Å². The van der Waals surface area contributed by atoms with Crippen molar-refractivity contribution in [3.05, 3.63) is 0 Å². The predicted molar refractivity (Wildman–Crippen MR) is 62.8 cm³/mol. The summed E-state index contributed by atoms with van der Waals surface area (Å²) in [7, 11) is 1.67. The maximum atomic E-state index is 11.7. The molecule has 2 N–H and O–H groups in total. The van der Waals surface area contributed by atoms with E-state index in [2.05, 4.69) is 10.6 Å². The molecule has 0 aliphatic heterocycles. The number of nitrogens with one attached hydrogen (secondary N) is 2. The Morgan fingerprint density at radius 3 is 1.81 bits per heavy atom. The minimum atomic E-state index is 0.100. The molecular formula is C12H22N2O2. The van der Waals surface area contributed by atoms with Gasteiger partial charge in [-0.3, -0.25) is 9.59 Å². The topological polar surface area (TPSA) is 58.2 Å². The molecule has 0 saturated heterocycles. The summed E-state index contributed by atoms with van der Waals surface area (Å²) < 4.78 is 0. The summed E-state index contributed by atoms with van der Waals surface area (Å²) in [4.78, 5) is 23.2. The third kappa shape index (κ3) is 3.51. The lowest BCUT2D eigenvalue weighted by atomic mass is 9.81. The Labute approximate surface area is 97.2 Å². The molecule has 1 saturated carbocycles. The molecule has 4 nitrogen and oxygen atoms in total. The molecule has 0 spiro atoms. The van der Waals surface area contributed by atoms with Crippen LogP contribution in [-0.2, 0) is 9.59 Å². The Kier molecular flexibility index (Phi) is 4.77. The summed E-state index contributed by atoms with van der Waals surface area (Å²) >= 11 is 0. The minimum absolute atomic E-state index is 0.100. The Hall–Kier alpha value is -1.06. The normalized spacial score (nSPS) is 25.2. The average molecular weight is 226 g/mol. The number of hydrogen-bond acceptors (Lipinski definition) is 2. The molecular weight excluding hydrogens is 204 g/mol. The molecule has 0 aromatic heterocycles. The molecule has 0 aromatic rings. The predicted octanol–water partition coefficient (Wildman–Crippen LogP) is 1.06. The van der Waals surface area contributed by atoms with E-state index >= 15 is 0 Å². The van der Waals surface area contributed by atoms with Crippen LogP contribution in [-0.4, -0.2) is 24.9 Å². The van der Waals surface area contributed by atoms with Crippen molar-refractivity contribution >= 4 is 11.8 Å². The van der Waals surface area contributed by atoms with Crippen molar-refractivity contribution in [1.82, 2.24) is 10.6 Å². The van der Waals surface area contributed by atoms with E-state index in [0.717, 1.165) is 25.7 Å². The fraction of sp³-hybridized carbons (Fsp3) is 0.833. The second-order valence-electron chi connectivity index (χ2n) is 4.83. The zero-order chi connectivity index (χ0) is 12.1. The maximum absolute atomic E-state index is 11.7. The lowest BCUT2D eigenvalue weighted by molar-refractivity contribution is -0.130. The molecule has 2 amide bonds. The van der Waals surface area contributed by atoms with E-state index in [9.17, 15) is 9.59 Å². The van der Waals surface area contributed by atoms with E-state index in [4.69, 9.17) is 0 Å². The van der Waals surface area contributed by atoms with Crippen LogP contribution in [0.5, 0.6) is 0 Å². The first-order valence-electron chi connectivity index (χ1n) is 6.06. The van der Waals surface area contributed by atoms with Crippen LogP contribution in [0.25, 0.3) is 0 Å². The number of rotatable bonds is 3. The highest BCUT2D eigenvalue weighted by Crippen LogP contribution is 2.28. The van der Waals surface area contributed by atoms with Crippen molar-refractivity contribution < 1.29 is 9.59 Å². The lowest BCUT2D eigenvalue weighted by Crippen LogP contribution is -2.39. The van der Waals surface area contributed by atoms with Gasteiger partial charge in [0, 0.05) is 24.9 Å². The van der Waals surface area contributed by atoms with Gasteiger partial charge >= 0.3 is 0 Å². The van der Waals surface area contributed by atoms with E-state index in [1.807, 2.05) is 13.8 Å². The Morgan fingerprint density at radius 1 is 1.00 bits per heavy atom. The Morgan fingerprint density at radius 2 is 1.44 bits per heavy atom. The maximum Gasteiger partial charge on any atom is 0.223 e. The highest BCUT2D eigenvalue weighted by molar-refractivity contribution is 5.81. The van der Waals surface area contributed by atoms with Crippen LogP contribution in [0.2, 0.25) is 0 Å². The standard InChI is InChI=1S/C12H22N2O2/c1-8(2)14-12(16)10-6-4-9(5-7-10)11(15)13-3/h8-10H,4-7H2,1-3H3,(H,13,15)(H,14,16). The average Bonchev–Trinajstić information content (AvgIpc) is 2.27. The quantitative estimate of drug-likeness (QED) is 0.756. The van der Waals surface area contributed by atoms with Crippen LogP contribution < -0.4 is 10.6 Å². The summed E-state index contributed by atoms with van der Waals surface area (Å²) in [6.45, 7) is 3.93. The van der Waals surface area contributed by atoms with Crippen molar-refractivity contribution in [2.75, 3.05) is 7.05 Å². The lowest BCUT2D eigenvalue weighted by Gasteiger charge is -2.27. The molecule has 1 aliphatic carbocycles. The van der Waals surface area contributed by atoms with Gasteiger partial charge in [0.15, 0.2) is 0 Å². The van der Waals surface area contributed by atoms with Crippen molar-refractivity contribution in [1.29, 1.82) is 0 Å². The van der Waals surface area contributed by atoms with Gasteiger partial charge in [0.2, 0.25) is 11.8 Å². The van der Waals surface area contributed by atoms with Crippen LogP contribution in [0.3, 0.4) is 0 Å². The van der Waals surface area contributed by atoms with Gasteiger partial charge in [0.05, 0.1) is 0 Å². The van der Waals surface area contributed by atoms with Gasteiger partial charge in [0.25, 0.3) is 0 Å². The van der Waals surface area contributed by atoms with Crippen molar-refractivity contribution in [2.45, 2.75) is 45.6 Å². The zero-order valence-corrected chi connectivity index (χ0v) is 10.4. The first-order chi connectivity index (χ1) is 7.54. The molecule has 1 aliphatic rings. The third-order valence-corrected chi connectivity index (χ3v) is 3.15. The first-order valence-corrected chi connectivity index (χ1v) is 6.06. The van der Waals surface area contributed by atoms with Gasteiger partial charge in [0.1, 0.15) is 0 Å². The van der Waals surface area contributed by atoms with E-state index < -0.39 is 0 Å². The van der Waals surface area contributed by atoms with Crippen LogP contribution >= 0.6 is 0 Å². The molecule has 16 heavy (non-hydrogen) atoms. The molecule has 4 heteroatoms. The Balaban J connectivity index is 2.37. The van der Waals surface area contributed by atoms with E-state index in [-0.39, 0.29) is 29.7 Å². The number of hydrogen-bond donors (Lipinski definition) is 2. The number of carbonyl (C=O) groups excluding carboxylic acids is 2. The minimum Gasteiger partial charge on any atom is -0.359 e. The van der Waals surface area contributed by atoms with E-state index in [1.165, 1.54) is 0 Å². The monoisotopic (exact) mass is 226 g/mol. The van der Waals surface area contributed by atoms with Crippen LogP contribution in [0.15, 0.2) is 0 Å². The van der Waals surface area contributed by atoms with Gasteiger partial charge in [-0.15, -0.1) is 0 Å². The van der Waals surface area contributed by atoms with Crippen LogP contribution in [0, 0.1) is 11.8 Å². The molecule has 0 bridgehead atoms. The molecule has 1 rings (SSSR count). The SMILES string of the molecule is CNC(=O)C1CCC(C(=O)NC(C)C)CC1. The van der Waals surface area contributed by atoms with Gasteiger partial charge in [-0.2, -0.15) is 0 Å². The molecule has 0 radical (unpaired) electrons. The highest BCUT2D eigenvalue weighted by Gasteiger charge is 2.29. The van der Waals surface area contributed by atoms with E-state index in [0.29, 0.717) is 0 Å². The van der Waals surface area contributed by atoms with Crippen LogP contribution in [0.1, 0.15) is 39.5 Å². The van der Waals surface area contributed by atoms with Gasteiger partial charge in [-0.1, -0.05) is 0 Å². The second-order valence-corrected chi connectivity index (χ2v) is 4.83. The summed E-state index contributed by atoms with van der Waals surface area (Å²) in [5, 5.41) is 5.60. The molecule has 0 heterocycles. The summed E-state index contributed by atoms with van der Waals surface area (Å²) in [6.07, 6.45) is 3.32. The zero-order valence-electron chi connectivity index (χ0n) is 10.4. The Bertz CT molecular complexity index is 256. The van der Waals surface area contributed by atoms with Crippen molar-refractivity contribution in [2.24, 2.45) is 11.8 Å². The van der Waals surface area contributed by atoms with E-state index in [1.54, 1.807) is 7.05 Å². The summed E-state index contributed by atoms with van der Waals surface area (Å²) in [5.41, 5.74) is 0. The largest absolute Gasteiger partial charge is 0.359 e. The van der Waals surface area contributed by atoms with Gasteiger partial charge in [-0.25, -0.2) is 0 Å². The van der Waals surface area contributed by atoms with Crippen LogP contribution in [0.4, 0.5) is 0 Å². The second kappa shape index (κ2) is 5.87. The molecule has 92 valence electrons. The smallest absolute Gasteiger partial charge is 0.223 e. The fourth-order valence-electron chi connectivity index (χ4n) is 2.22. The molecule has 0 aromatic carbocycles.